The molecule has 0 aliphatic carbocycles. The second-order valence-corrected chi connectivity index (χ2v) is 5.25. The van der Waals surface area contributed by atoms with E-state index in [1.165, 1.54) is 0 Å². The summed E-state index contributed by atoms with van der Waals surface area (Å²) >= 11 is 0. The average Bonchev–Trinajstić information content (AvgIpc) is 2.41. The molecule has 0 N–H and O–H groups in total. The summed E-state index contributed by atoms with van der Waals surface area (Å²) in [7, 11) is 0. The quantitative estimate of drug-likeness (QED) is 0.572. The van der Waals surface area contributed by atoms with Crippen molar-refractivity contribution in [1.82, 2.24) is 0 Å². The van der Waals surface area contributed by atoms with Gasteiger partial charge in [0.05, 0.1) is 13.2 Å². The third-order valence-electron chi connectivity index (χ3n) is 3.21. The molecule has 0 spiro atoms. The van der Waals surface area contributed by atoms with Crippen LogP contribution in [0.5, 0.6) is 0 Å². The number of carbonyl (C=O) groups is 2. The van der Waals surface area contributed by atoms with Crippen molar-refractivity contribution in [3.05, 3.63) is 0 Å². The van der Waals surface area contributed by atoms with Crippen LogP contribution in [0.2, 0.25) is 0 Å². The Morgan fingerprint density at radius 1 is 0.842 bits per heavy atom. The number of esters is 2. The molecular weight excluding hydrogens is 244 g/mol. The van der Waals surface area contributed by atoms with Crippen molar-refractivity contribution in [3.8, 4) is 0 Å². The normalized spacial score (nSPS) is 13.7. The highest BCUT2D eigenvalue weighted by Crippen LogP contribution is 2.06. The lowest BCUT2D eigenvalue weighted by Gasteiger charge is -2.10. The number of hydrogen-bond donors (Lipinski definition) is 0. The summed E-state index contributed by atoms with van der Waals surface area (Å²) < 4.78 is 10.2. The van der Waals surface area contributed by atoms with Crippen LogP contribution in [0.3, 0.4) is 0 Å². The lowest BCUT2D eigenvalue weighted by atomic mass is 10.1. The van der Waals surface area contributed by atoms with Crippen LogP contribution in [0.4, 0.5) is 0 Å². The Morgan fingerprint density at radius 2 is 1.21 bits per heavy atom. The predicted octanol–water partition coefficient (Wildman–Crippen LogP) is 3.34. The van der Waals surface area contributed by atoms with Gasteiger partial charge in [-0.25, -0.2) is 0 Å². The Labute approximate surface area is 116 Å². The predicted molar refractivity (Wildman–Crippen MR) is 74.7 cm³/mol. The van der Waals surface area contributed by atoms with Gasteiger partial charge in [0, 0.05) is 12.8 Å². The molecule has 0 amide bonds. The first-order valence-corrected chi connectivity index (χ1v) is 7.30. The van der Waals surface area contributed by atoms with Crippen molar-refractivity contribution < 1.29 is 19.1 Å². The van der Waals surface area contributed by atoms with Crippen LogP contribution in [0.15, 0.2) is 0 Å². The summed E-state index contributed by atoms with van der Waals surface area (Å²) in [6.45, 7) is 9.14. The van der Waals surface area contributed by atoms with Crippen LogP contribution in [0.1, 0.15) is 59.8 Å². The number of hydrogen-bond acceptors (Lipinski definition) is 4. The first-order chi connectivity index (χ1) is 8.99. The van der Waals surface area contributed by atoms with Gasteiger partial charge in [-0.1, -0.05) is 40.5 Å². The first-order valence-electron chi connectivity index (χ1n) is 7.30. The number of rotatable bonds is 10. The largest absolute Gasteiger partial charge is 0.465 e. The standard InChI is InChI=1S/C15H28O4/c1-5-12(3)10-18-14(16)8-7-9-15(17)19-11-13(4)6-2/h12-13H,5-11H2,1-4H3. The molecule has 2 atom stereocenters. The lowest BCUT2D eigenvalue weighted by molar-refractivity contribution is -0.146. The van der Waals surface area contributed by atoms with E-state index < -0.39 is 0 Å². The van der Waals surface area contributed by atoms with Gasteiger partial charge in [-0.15, -0.1) is 0 Å². The first kappa shape index (κ1) is 17.9. The van der Waals surface area contributed by atoms with Gasteiger partial charge in [0.2, 0.25) is 0 Å². The molecule has 112 valence electrons. The van der Waals surface area contributed by atoms with E-state index in [9.17, 15) is 9.59 Å². The molecule has 0 fully saturated rings. The molecule has 2 unspecified atom stereocenters. The van der Waals surface area contributed by atoms with Crippen molar-refractivity contribution >= 4 is 11.9 Å². The maximum Gasteiger partial charge on any atom is 0.305 e. The number of ether oxygens (including phenoxy) is 2. The second kappa shape index (κ2) is 10.8. The van der Waals surface area contributed by atoms with Crippen molar-refractivity contribution in [2.75, 3.05) is 13.2 Å². The molecule has 0 aromatic heterocycles. The maximum atomic E-state index is 11.4. The van der Waals surface area contributed by atoms with E-state index >= 15 is 0 Å². The van der Waals surface area contributed by atoms with Crippen molar-refractivity contribution in [3.63, 3.8) is 0 Å². The Morgan fingerprint density at radius 3 is 1.53 bits per heavy atom. The molecule has 4 nitrogen and oxygen atoms in total. The highest BCUT2D eigenvalue weighted by molar-refractivity contribution is 5.72. The van der Waals surface area contributed by atoms with Crippen molar-refractivity contribution in [2.45, 2.75) is 59.8 Å². The molecule has 0 saturated heterocycles. The van der Waals surface area contributed by atoms with Gasteiger partial charge < -0.3 is 9.47 Å². The molecule has 0 saturated carbocycles. The van der Waals surface area contributed by atoms with E-state index in [0.717, 1.165) is 12.8 Å². The fourth-order valence-corrected chi connectivity index (χ4v) is 1.23. The Bertz CT molecular complexity index is 237. The zero-order valence-corrected chi connectivity index (χ0v) is 12.7. The Hall–Kier alpha value is -1.06. The molecule has 0 heterocycles. The second-order valence-electron chi connectivity index (χ2n) is 5.25. The monoisotopic (exact) mass is 272 g/mol. The van der Waals surface area contributed by atoms with Gasteiger partial charge in [0.15, 0.2) is 0 Å². The average molecular weight is 272 g/mol. The van der Waals surface area contributed by atoms with Gasteiger partial charge >= 0.3 is 11.9 Å². The molecule has 0 rings (SSSR count). The minimum absolute atomic E-state index is 0.227. The zero-order valence-electron chi connectivity index (χ0n) is 12.7. The van der Waals surface area contributed by atoms with Crippen LogP contribution in [0, 0.1) is 11.8 Å². The summed E-state index contributed by atoms with van der Waals surface area (Å²) in [5.74, 6) is 0.332. The number of carbonyl (C=O) groups excluding carboxylic acids is 2. The smallest absolute Gasteiger partial charge is 0.305 e. The summed E-state index contributed by atoms with van der Waals surface area (Å²) in [5, 5.41) is 0. The topological polar surface area (TPSA) is 52.6 Å². The zero-order chi connectivity index (χ0) is 14.7. The molecule has 19 heavy (non-hydrogen) atoms. The van der Waals surface area contributed by atoms with Crippen LogP contribution in [0.25, 0.3) is 0 Å². The molecule has 4 heteroatoms. The Balaban J connectivity index is 3.56. The highest BCUT2D eigenvalue weighted by atomic mass is 16.5. The van der Waals surface area contributed by atoms with Crippen LogP contribution < -0.4 is 0 Å². The molecule has 0 aromatic carbocycles. The van der Waals surface area contributed by atoms with Crippen LogP contribution in [-0.2, 0) is 19.1 Å². The minimum atomic E-state index is -0.227. The third-order valence-corrected chi connectivity index (χ3v) is 3.21. The molecule has 0 aliphatic rings. The van der Waals surface area contributed by atoms with E-state index in [1.807, 2.05) is 13.8 Å². The molecule has 0 aromatic rings. The third kappa shape index (κ3) is 10.5. The van der Waals surface area contributed by atoms with Gasteiger partial charge in [-0.3, -0.25) is 9.59 Å². The van der Waals surface area contributed by atoms with E-state index in [0.29, 0.717) is 31.5 Å². The van der Waals surface area contributed by atoms with Gasteiger partial charge in [0.1, 0.15) is 0 Å². The lowest BCUT2D eigenvalue weighted by Crippen LogP contribution is -2.13. The maximum absolute atomic E-state index is 11.4. The summed E-state index contributed by atoms with van der Waals surface area (Å²) in [4.78, 5) is 22.8. The van der Waals surface area contributed by atoms with Gasteiger partial charge in [-0.2, -0.15) is 0 Å². The van der Waals surface area contributed by atoms with E-state index in [2.05, 4.69) is 13.8 Å². The SMILES string of the molecule is CCC(C)COC(=O)CCCC(=O)OCC(C)CC. The fourth-order valence-electron chi connectivity index (χ4n) is 1.23. The molecule has 0 aliphatic heterocycles. The van der Waals surface area contributed by atoms with Crippen LogP contribution >= 0.6 is 0 Å². The van der Waals surface area contributed by atoms with Crippen molar-refractivity contribution in [2.24, 2.45) is 11.8 Å². The highest BCUT2D eigenvalue weighted by Gasteiger charge is 2.09. The van der Waals surface area contributed by atoms with E-state index in [1.54, 1.807) is 0 Å². The van der Waals surface area contributed by atoms with Crippen LogP contribution in [-0.4, -0.2) is 25.2 Å². The molecular formula is C15H28O4. The molecule has 0 radical (unpaired) electrons. The van der Waals surface area contributed by atoms with E-state index in [-0.39, 0.29) is 24.8 Å². The summed E-state index contributed by atoms with van der Waals surface area (Å²) in [6.07, 6.45) is 3.06. The van der Waals surface area contributed by atoms with E-state index in [4.69, 9.17) is 9.47 Å². The minimum Gasteiger partial charge on any atom is -0.465 e. The fraction of sp³-hybridized carbons (Fsp3) is 0.867. The van der Waals surface area contributed by atoms with Crippen molar-refractivity contribution in [1.29, 1.82) is 0 Å². The van der Waals surface area contributed by atoms with Gasteiger partial charge in [-0.05, 0) is 18.3 Å². The summed E-state index contributed by atoms with van der Waals surface area (Å²) in [5.41, 5.74) is 0. The van der Waals surface area contributed by atoms with Gasteiger partial charge in [0.25, 0.3) is 0 Å². The Kier molecular flexibility index (Phi) is 10.2. The summed E-state index contributed by atoms with van der Waals surface area (Å²) in [6, 6.07) is 0. The molecule has 0 bridgehead atoms.